The van der Waals surface area contributed by atoms with Gasteiger partial charge in [-0.25, -0.2) is 4.79 Å². The molecule has 0 aliphatic carbocycles. The second kappa shape index (κ2) is 6.44. The number of anilines is 1. The van der Waals surface area contributed by atoms with Crippen LogP contribution in [0.5, 0.6) is 0 Å². The summed E-state index contributed by atoms with van der Waals surface area (Å²) in [6, 6.07) is 14.4. The summed E-state index contributed by atoms with van der Waals surface area (Å²) in [7, 11) is 1.38. The van der Waals surface area contributed by atoms with Gasteiger partial charge in [0.2, 0.25) is 0 Å². The van der Waals surface area contributed by atoms with E-state index in [0.29, 0.717) is 5.02 Å². The number of halogens is 1. The van der Waals surface area contributed by atoms with Crippen molar-refractivity contribution in [1.29, 1.82) is 0 Å². The highest BCUT2D eigenvalue weighted by Gasteiger charge is 2.21. The van der Waals surface area contributed by atoms with Crippen LogP contribution in [0.2, 0.25) is 5.02 Å². The van der Waals surface area contributed by atoms with Gasteiger partial charge in [0.15, 0.2) is 6.04 Å². The van der Waals surface area contributed by atoms with Crippen molar-refractivity contribution in [2.75, 3.05) is 12.4 Å². The molecule has 0 radical (unpaired) electrons. The number of hydrogen-bond acceptors (Lipinski definition) is 3. The van der Waals surface area contributed by atoms with E-state index in [1.54, 1.807) is 12.1 Å². The van der Waals surface area contributed by atoms with Crippen molar-refractivity contribution in [2.45, 2.75) is 13.0 Å². The summed E-state index contributed by atoms with van der Waals surface area (Å²) in [5.74, 6) is -0.328. The number of ether oxygens (including phenoxy) is 1. The van der Waals surface area contributed by atoms with Gasteiger partial charge in [0.25, 0.3) is 0 Å². The van der Waals surface area contributed by atoms with Gasteiger partial charge in [-0.3, -0.25) is 0 Å². The van der Waals surface area contributed by atoms with E-state index in [2.05, 4.69) is 5.32 Å². The number of carbonyl (C=O) groups is 1. The summed E-state index contributed by atoms with van der Waals surface area (Å²) in [6.45, 7) is 1.99. The molecule has 1 atom stereocenters. The number of nitrogens with one attached hydrogen (secondary N) is 1. The number of methoxy groups -OCH3 is 1. The average molecular weight is 290 g/mol. The fourth-order valence-corrected chi connectivity index (χ4v) is 2.08. The van der Waals surface area contributed by atoms with Gasteiger partial charge in [0.1, 0.15) is 0 Å². The van der Waals surface area contributed by atoms with Gasteiger partial charge >= 0.3 is 5.97 Å². The second-order valence-corrected chi connectivity index (χ2v) is 4.96. The molecule has 0 saturated carbocycles. The Balaban J connectivity index is 2.28. The summed E-state index contributed by atoms with van der Waals surface area (Å²) in [5, 5.41) is 3.82. The molecule has 20 heavy (non-hydrogen) atoms. The molecule has 0 spiro atoms. The maximum absolute atomic E-state index is 12.0. The van der Waals surface area contributed by atoms with Crippen LogP contribution in [0.3, 0.4) is 0 Å². The first kappa shape index (κ1) is 14.4. The lowest BCUT2D eigenvalue weighted by atomic mass is 10.0. The topological polar surface area (TPSA) is 38.3 Å². The molecule has 0 amide bonds. The molecule has 3 nitrogen and oxygen atoms in total. The highest BCUT2D eigenvalue weighted by molar-refractivity contribution is 6.30. The zero-order valence-corrected chi connectivity index (χ0v) is 12.1. The monoisotopic (exact) mass is 289 g/mol. The van der Waals surface area contributed by atoms with Gasteiger partial charge in [0.05, 0.1) is 7.11 Å². The molecule has 0 aromatic heterocycles. The Morgan fingerprint density at radius 1 is 1.20 bits per heavy atom. The summed E-state index contributed by atoms with van der Waals surface area (Å²) >= 11 is 5.86. The third-order valence-corrected chi connectivity index (χ3v) is 3.22. The lowest BCUT2D eigenvalue weighted by Gasteiger charge is -2.18. The number of carbonyl (C=O) groups excluding carboxylic acids is 1. The van der Waals surface area contributed by atoms with Crippen LogP contribution in [0.4, 0.5) is 5.69 Å². The van der Waals surface area contributed by atoms with Gasteiger partial charge in [-0.1, -0.05) is 41.4 Å². The Labute approximate surface area is 123 Å². The Morgan fingerprint density at radius 3 is 2.50 bits per heavy atom. The molecular formula is C16H16ClNO2. The Hall–Kier alpha value is -2.00. The first-order valence-electron chi connectivity index (χ1n) is 6.26. The molecule has 2 aromatic rings. The number of aryl methyl sites for hydroxylation is 1. The summed E-state index contributed by atoms with van der Waals surface area (Å²) in [4.78, 5) is 12.0. The van der Waals surface area contributed by atoms with Crippen molar-refractivity contribution >= 4 is 23.3 Å². The molecule has 2 rings (SSSR count). The first-order valence-corrected chi connectivity index (χ1v) is 6.64. The fraction of sp³-hybridized carbons (Fsp3) is 0.188. The maximum atomic E-state index is 12.0. The SMILES string of the molecule is COC(=O)C(Nc1ccc(Cl)cc1)c1cccc(C)c1. The molecular weight excluding hydrogens is 274 g/mol. The smallest absolute Gasteiger partial charge is 0.332 e. The minimum Gasteiger partial charge on any atom is -0.467 e. The van der Waals surface area contributed by atoms with Crippen LogP contribution in [0.25, 0.3) is 0 Å². The van der Waals surface area contributed by atoms with Crippen molar-refractivity contribution < 1.29 is 9.53 Å². The van der Waals surface area contributed by atoms with Crippen molar-refractivity contribution in [1.82, 2.24) is 0 Å². The van der Waals surface area contributed by atoms with Crippen molar-refractivity contribution in [3.63, 3.8) is 0 Å². The molecule has 1 unspecified atom stereocenters. The van der Waals surface area contributed by atoms with E-state index in [4.69, 9.17) is 16.3 Å². The molecule has 0 saturated heterocycles. The zero-order chi connectivity index (χ0) is 14.5. The second-order valence-electron chi connectivity index (χ2n) is 4.52. The van der Waals surface area contributed by atoms with Crippen molar-refractivity contribution in [3.8, 4) is 0 Å². The third-order valence-electron chi connectivity index (χ3n) is 2.97. The van der Waals surface area contributed by atoms with E-state index >= 15 is 0 Å². The first-order chi connectivity index (χ1) is 9.60. The average Bonchev–Trinajstić information content (AvgIpc) is 2.46. The summed E-state index contributed by atoms with van der Waals surface area (Å²) < 4.78 is 4.88. The quantitative estimate of drug-likeness (QED) is 0.866. The van der Waals surface area contributed by atoms with Gasteiger partial charge in [0, 0.05) is 10.7 Å². The minimum absolute atomic E-state index is 0.328. The van der Waals surface area contributed by atoms with Gasteiger partial charge in [-0.05, 0) is 36.8 Å². The van der Waals surface area contributed by atoms with Crippen LogP contribution < -0.4 is 5.32 Å². The highest BCUT2D eigenvalue weighted by Crippen LogP contribution is 2.23. The minimum atomic E-state index is -0.541. The molecule has 4 heteroatoms. The van der Waals surface area contributed by atoms with Gasteiger partial charge < -0.3 is 10.1 Å². The number of rotatable bonds is 4. The Bertz CT molecular complexity index is 596. The predicted molar refractivity (Wildman–Crippen MR) is 81.0 cm³/mol. The van der Waals surface area contributed by atoms with E-state index in [0.717, 1.165) is 16.8 Å². The zero-order valence-electron chi connectivity index (χ0n) is 11.4. The molecule has 104 valence electrons. The van der Waals surface area contributed by atoms with Crippen LogP contribution >= 0.6 is 11.6 Å². The van der Waals surface area contributed by atoms with Crippen molar-refractivity contribution in [2.24, 2.45) is 0 Å². The standard InChI is InChI=1S/C16H16ClNO2/c1-11-4-3-5-12(10-11)15(16(19)20-2)18-14-8-6-13(17)7-9-14/h3-10,15,18H,1-2H3. The molecule has 0 bridgehead atoms. The predicted octanol–water partition coefficient (Wildman–Crippen LogP) is 3.97. The van der Waals surface area contributed by atoms with Crippen molar-refractivity contribution in [3.05, 3.63) is 64.7 Å². The van der Waals surface area contributed by atoms with Crippen LogP contribution in [0, 0.1) is 6.92 Å². The van der Waals surface area contributed by atoms with Crippen LogP contribution in [-0.4, -0.2) is 13.1 Å². The Kier molecular flexibility index (Phi) is 4.64. The lowest BCUT2D eigenvalue weighted by Crippen LogP contribution is -2.22. The molecule has 0 fully saturated rings. The molecule has 0 aliphatic heterocycles. The molecule has 2 aromatic carbocycles. The van der Waals surface area contributed by atoms with E-state index < -0.39 is 6.04 Å². The van der Waals surface area contributed by atoms with E-state index in [1.165, 1.54) is 7.11 Å². The van der Waals surface area contributed by atoms with Gasteiger partial charge in [-0.15, -0.1) is 0 Å². The normalized spacial score (nSPS) is 11.8. The fourth-order valence-electron chi connectivity index (χ4n) is 1.96. The lowest BCUT2D eigenvalue weighted by molar-refractivity contribution is -0.141. The van der Waals surface area contributed by atoms with E-state index in [-0.39, 0.29) is 5.97 Å². The van der Waals surface area contributed by atoms with E-state index in [1.807, 2.05) is 43.3 Å². The maximum Gasteiger partial charge on any atom is 0.332 e. The third kappa shape index (κ3) is 3.52. The van der Waals surface area contributed by atoms with E-state index in [9.17, 15) is 4.79 Å². The Morgan fingerprint density at radius 2 is 1.90 bits per heavy atom. The van der Waals surface area contributed by atoms with Crippen LogP contribution in [0.15, 0.2) is 48.5 Å². The number of benzene rings is 2. The number of esters is 1. The number of hydrogen-bond donors (Lipinski definition) is 1. The summed E-state index contributed by atoms with van der Waals surface area (Å²) in [5.41, 5.74) is 2.77. The van der Waals surface area contributed by atoms with Crippen LogP contribution in [-0.2, 0) is 9.53 Å². The summed E-state index contributed by atoms with van der Waals surface area (Å²) in [6.07, 6.45) is 0. The molecule has 0 heterocycles. The molecule has 0 aliphatic rings. The molecule has 1 N–H and O–H groups in total. The van der Waals surface area contributed by atoms with Gasteiger partial charge in [-0.2, -0.15) is 0 Å². The van der Waals surface area contributed by atoms with Crippen LogP contribution in [0.1, 0.15) is 17.2 Å². The largest absolute Gasteiger partial charge is 0.467 e. The highest BCUT2D eigenvalue weighted by atomic mass is 35.5.